The lowest BCUT2D eigenvalue weighted by molar-refractivity contribution is 0.0692. The molecule has 2 aromatic carbocycles. The van der Waals surface area contributed by atoms with Gasteiger partial charge in [-0.1, -0.05) is 32.0 Å². The predicted octanol–water partition coefficient (Wildman–Crippen LogP) is 3.80. The minimum Gasteiger partial charge on any atom is -0.507 e. The average molecular weight is 341 g/mol. The fourth-order valence-corrected chi connectivity index (χ4v) is 2.78. The largest absolute Gasteiger partial charge is 0.507 e. The van der Waals surface area contributed by atoms with Gasteiger partial charge in [0.1, 0.15) is 5.75 Å². The van der Waals surface area contributed by atoms with Crippen molar-refractivity contribution >= 4 is 17.4 Å². The van der Waals surface area contributed by atoms with E-state index in [0.717, 1.165) is 18.8 Å². The van der Waals surface area contributed by atoms with Gasteiger partial charge in [0.15, 0.2) is 5.78 Å². The number of hydrogen-bond acceptors (Lipinski definition) is 4. The molecular weight excluding hydrogens is 318 g/mol. The van der Waals surface area contributed by atoms with Crippen LogP contribution in [0, 0.1) is 5.92 Å². The summed E-state index contributed by atoms with van der Waals surface area (Å²) in [6, 6.07) is 10.9. The van der Waals surface area contributed by atoms with Crippen molar-refractivity contribution in [2.45, 2.75) is 20.8 Å². The third-order valence-electron chi connectivity index (χ3n) is 3.96. The van der Waals surface area contributed by atoms with E-state index in [1.165, 1.54) is 12.1 Å². The fraction of sp³-hybridized carbons (Fsp3) is 0.300. The maximum absolute atomic E-state index is 12.7. The maximum atomic E-state index is 12.7. The summed E-state index contributed by atoms with van der Waals surface area (Å²) in [7, 11) is 0. The summed E-state index contributed by atoms with van der Waals surface area (Å²) in [5, 5.41) is 19.6. The number of rotatable bonds is 7. The summed E-state index contributed by atoms with van der Waals surface area (Å²) in [4.78, 5) is 26.1. The molecule has 0 heterocycles. The number of aromatic hydroxyl groups is 1. The molecule has 0 bridgehead atoms. The second kappa shape index (κ2) is 7.83. The van der Waals surface area contributed by atoms with E-state index in [4.69, 9.17) is 0 Å². The zero-order chi connectivity index (χ0) is 18.6. The highest BCUT2D eigenvalue weighted by Gasteiger charge is 2.20. The quantitative estimate of drug-likeness (QED) is 0.749. The Bertz CT molecular complexity index is 783. The summed E-state index contributed by atoms with van der Waals surface area (Å²) in [6.07, 6.45) is 0. The highest BCUT2D eigenvalue weighted by molar-refractivity contribution is 6.15. The number of benzene rings is 2. The van der Waals surface area contributed by atoms with E-state index in [1.807, 2.05) is 6.92 Å². The molecular formula is C20H23NO4. The van der Waals surface area contributed by atoms with Crippen molar-refractivity contribution in [3.8, 4) is 5.75 Å². The Morgan fingerprint density at radius 1 is 1.04 bits per heavy atom. The van der Waals surface area contributed by atoms with E-state index < -0.39 is 11.8 Å². The van der Waals surface area contributed by atoms with Crippen LogP contribution in [0.25, 0.3) is 0 Å². The third-order valence-corrected chi connectivity index (χ3v) is 3.96. The molecule has 0 aliphatic carbocycles. The minimum absolute atomic E-state index is 0.0626. The van der Waals surface area contributed by atoms with Gasteiger partial charge in [0.2, 0.25) is 0 Å². The molecule has 5 heteroatoms. The molecule has 25 heavy (non-hydrogen) atoms. The van der Waals surface area contributed by atoms with Crippen LogP contribution in [-0.2, 0) is 0 Å². The molecule has 0 saturated carbocycles. The Balaban J connectivity index is 2.38. The van der Waals surface area contributed by atoms with E-state index in [-0.39, 0.29) is 22.4 Å². The number of nitrogens with zero attached hydrogens (tertiary/aromatic N) is 1. The summed E-state index contributed by atoms with van der Waals surface area (Å²) >= 11 is 0. The van der Waals surface area contributed by atoms with Gasteiger partial charge in [0, 0.05) is 30.4 Å². The molecule has 0 aliphatic rings. The van der Waals surface area contributed by atoms with Gasteiger partial charge in [-0.3, -0.25) is 4.79 Å². The molecule has 0 saturated heterocycles. The first kappa shape index (κ1) is 18.5. The Kier molecular flexibility index (Phi) is 5.80. The highest BCUT2D eigenvalue weighted by atomic mass is 16.4. The number of carbonyl (C=O) groups is 2. The van der Waals surface area contributed by atoms with Crippen molar-refractivity contribution in [2.24, 2.45) is 5.92 Å². The van der Waals surface area contributed by atoms with Crippen LogP contribution in [0.1, 0.15) is 47.1 Å². The van der Waals surface area contributed by atoms with Gasteiger partial charge >= 0.3 is 5.97 Å². The maximum Gasteiger partial charge on any atom is 0.336 e. The molecule has 0 atom stereocenters. The van der Waals surface area contributed by atoms with Crippen molar-refractivity contribution in [1.29, 1.82) is 0 Å². The molecule has 0 unspecified atom stereocenters. The van der Waals surface area contributed by atoms with Gasteiger partial charge in [-0.15, -0.1) is 0 Å². The molecule has 2 N–H and O–H groups in total. The predicted molar refractivity (Wildman–Crippen MR) is 97.7 cm³/mol. The molecule has 2 rings (SSSR count). The molecule has 0 spiro atoms. The van der Waals surface area contributed by atoms with Gasteiger partial charge < -0.3 is 15.1 Å². The number of ketones is 1. The first-order chi connectivity index (χ1) is 11.8. The monoisotopic (exact) mass is 341 g/mol. The number of phenols is 1. The number of carboxylic acids is 1. The molecule has 0 amide bonds. The summed E-state index contributed by atoms with van der Waals surface area (Å²) in [5.41, 5.74) is 0.911. The minimum atomic E-state index is -1.17. The van der Waals surface area contributed by atoms with Crippen LogP contribution < -0.4 is 4.90 Å². The number of anilines is 1. The van der Waals surface area contributed by atoms with E-state index in [2.05, 4.69) is 18.7 Å². The SMILES string of the molecule is CCN(CC(C)C)c1ccc(C(=O)c2ccccc2C(=O)O)c(O)c1. The fourth-order valence-electron chi connectivity index (χ4n) is 2.78. The number of phenolic OH excluding ortho intramolecular Hbond substituents is 1. The van der Waals surface area contributed by atoms with E-state index >= 15 is 0 Å². The van der Waals surface area contributed by atoms with Crippen LogP contribution in [0.3, 0.4) is 0 Å². The van der Waals surface area contributed by atoms with Gasteiger partial charge in [-0.2, -0.15) is 0 Å². The molecule has 132 valence electrons. The number of carbonyl (C=O) groups excluding carboxylic acids is 1. The van der Waals surface area contributed by atoms with Crippen molar-refractivity contribution in [2.75, 3.05) is 18.0 Å². The summed E-state index contributed by atoms with van der Waals surface area (Å²) in [6.45, 7) is 7.88. The first-order valence-corrected chi connectivity index (χ1v) is 8.30. The number of carboxylic acid groups (broad SMARTS) is 1. The van der Waals surface area contributed by atoms with Crippen molar-refractivity contribution < 1.29 is 19.8 Å². The topological polar surface area (TPSA) is 77.8 Å². The van der Waals surface area contributed by atoms with Gasteiger partial charge in [0.25, 0.3) is 0 Å². The standard InChI is InChI=1S/C20H23NO4/c1-4-21(12-13(2)3)14-9-10-17(18(22)11-14)19(23)15-7-5-6-8-16(15)20(24)25/h5-11,13,22H,4,12H2,1-3H3,(H,24,25). The molecule has 0 radical (unpaired) electrons. The Labute approximate surface area is 147 Å². The van der Waals surface area contributed by atoms with Gasteiger partial charge in [-0.25, -0.2) is 4.79 Å². The smallest absolute Gasteiger partial charge is 0.336 e. The van der Waals surface area contributed by atoms with Crippen LogP contribution in [0.15, 0.2) is 42.5 Å². The molecule has 0 aliphatic heterocycles. The second-order valence-corrected chi connectivity index (χ2v) is 6.31. The number of aromatic carboxylic acids is 1. The van der Waals surface area contributed by atoms with Crippen LogP contribution >= 0.6 is 0 Å². The Hall–Kier alpha value is -2.82. The highest BCUT2D eigenvalue weighted by Crippen LogP contribution is 2.28. The van der Waals surface area contributed by atoms with Gasteiger partial charge in [-0.05, 0) is 31.0 Å². The summed E-state index contributed by atoms with van der Waals surface area (Å²) < 4.78 is 0. The van der Waals surface area contributed by atoms with E-state index in [1.54, 1.807) is 30.3 Å². The van der Waals surface area contributed by atoms with Crippen LogP contribution in [-0.4, -0.2) is 35.1 Å². The van der Waals surface area contributed by atoms with Crippen molar-refractivity contribution in [3.05, 3.63) is 59.2 Å². The molecule has 2 aromatic rings. The van der Waals surface area contributed by atoms with Crippen LogP contribution in [0.4, 0.5) is 5.69 Å². The zero-order valence-corrected chi connectivity index (χ0v) is 14.7. The zero-order valence-electron chi connectivity index (χ0n) is 14.7. The lowest BCUT2D eigenvalue weighted by Gasteiger charge is -2.25. The number of hydrogen-bond donors (Lipinski definition) is 2. The van der Waals surface area contributed by atoms with Gasteiger partial charge in [0.05, 0.1) is 11.1 Å². The summed E-state index contributed by atoms with van der Waals surface area (Å²) in [5.74, 6) is -1.36. The van der Waals surface area contributed by atoms with Crippen LogP contribution in [0.5, 0.6) is 5.75 Å². The van der Waals surface area contributed by atoms with E-state index in [9.17, 15) is 19.8 Å². The first-order valence-electron chi connectivity index (χ1n) is 8.30. The van der Waals surface area contributed by atoms with E-state index in [0.29, 0.717) is 5.92 Å². The molecule has 0 aromatic heterocycles. The normalized spacial score (nSPS) is 10.7. The van der Waals surface area contributed by atoms with Crippen molar-refractivity contribution in [3.63, 3.8) is 0 Å². The Morgan fingerprint density at radius 2 is 1.68 bits per heavy atom. The Morgan fingerprint density at radius 3 is 2.20 bits per heavy atom. The molecule has 5 nitrogen and oxygen atoms in total. The third kappa shape index (κ3) is 4.18. The lowest BCUT2D eigenvalue weighted by Crippen LogP contribution is -2.27. The second-order valence-electron chi connectivity index (χ2n) is 6.31. The van der Waals surface area contributed by atoms with Crippen molar-refractivity contribution in [1.82, 2.24) is 0 Å². The van der Waals surface area contributed by atoms with Crippen LogP contribution in [0.2, 0.25) is 0 Å². The lowest BCUT2D eigenvalue weighted by atomic mass is 9.97. The molecule has 0 fully saturated rings. The average Bonchev–Trinajstić information content (AvgIpc) is 2.58.